The van der Waals surface area contributed by atoms with E-state index in [0.29, 0.717) is 40.4 Å². The van der Waals surface area contributed by atoms with E-state index in [1.807, 2.05) is 68.4 Å². The van der Waals surface area contributed by atoms with Crippen LogP contribution >= 0.6 is 23.4 Å². The molecular formula is C28H26ClNO5S. The maximum absolute atomic E-state index is 12.9. The molecule has 0 aromatic heterocycles. The molecule has 4 rings (SSSR count). The van der Waals surface area contributed by atoms with E-state index in [1.165, 1.54) is 4.90 Å². The maximum atomic E-state index is 12.9. The molecule has 0 bridgehead atoms. The second kappa shape index (κ2) is 12.0. The normalized spacial score (nSPS) is 14.4. The quantitative estimate of drug-likeness (QED) is 0.274. The van der Waals surface area contributed by atoms with Gasteiger partial charge >= 0.3 is 0 Å². The summed E-state index contributed by atoms with van der Waals surface area (Å²) in [5.41, 5.74) is 2.80. The highest BCUT2D eigenvalue weighted by Gasteiger charge is 2.34. The van der Waals surface area contributed by atoms with Crippen LogP contribution in [0.4, 0.5) is 4.79 Å². The van der Waals surface area contributed by atoms with Crippen molar-refractivity contribution >= 4 is 40.6 Å². The average Bonchev–Trinajstić information content (AvgIpc) is 3.12. The number of aryl methyl sites for hydroxylation is 1. The molecule has 6 nitrogen and oxygen atoms in total. The van der Waals surface area contributed by atoms with Gasteiger partial charge in [0, 0.05) is 5.02 Å². The van der Waals surface area contributed by atoms with Crippen LogP contribution in [0, 0.1) is 6.92 Å². The van der Waals surface area contributed by atoms with Gasteiger partial charge in [0.1, 0.15) is 19.0 Å². The summed E-state index contributed by atoms with van der Waals surface area (Å²) >= 11 is 6.97. The van der Waals surface area contributed by atoms with E-state index in [0.717, 1.165) is 28.5 Å². The van der Waals surface area contributed by atoms with Crippen LogP contribution in [0.3, 0.4) is 0 Å². The molecule has 3 aromatic carbocycles. The fourth-order valence-corrected chi connectivity index (χ4v) is 4.60. The van der Waals surface area contributed by atoms with Crippen molar-refractivity contribution in [2.45, 2.75) is 20.5 Å². The van der Waals surface area contributed by atoms with Crippen molar-refractivity contribution in [2.24, 2.45) is 0 Å². The van der Waals surface area contributed by atoms with Gasteiger partial charge in [-0.3, -0.25) is 14.5 Å². The molecule has 1 heterocycles. The second-order valence-electron chi connectivity index (χ2n) is 8.05. The highest BCUT2D eigenvalue weighted by Crippen LogP contribution is 2.35. The van der Waals surface area contributed by atoms with Crippen molar-refractivity contribution < 1.29 is 23.8 Å². The summed E-state index contributed by atoms with van der Waals surface area (Å²) < 4.78 is 17.4. The van der Waals surface area contributed by atoms with Gasteiger partial charge in [-0.25, -0.2) is 0 Å². The number of hydrogen-bond donors (Lipinski definition) is 0. The first-order chi connectivity index (χ1) is 17.4. The van der Waals surface area contributed by atoms with Crippen LogP contribution in [-0.4, -0.2) is 35.8 Å². The molecule has 0 N–H and O–H groups in total. The van der Waals surface area contributed by atoms with Gasteiger partial charge in [0.05, 0.1) is 18.1 Å². The lowest BCUT2D eigenvalue weighted by Crippen LogP contribution is -2.32. The molecule has 0 radical (unpaired) electrons. The van der Waals surface area contributed by atoms with Crippen LogP contribution in [0.1, 0.15) is 23.6 Å². The largest absolute Gasteiger partial charge is 0.492 e. The first kappa shape index (κ1) is 25.7. The first-order valence-electron chi connectivity index (χ1n) is 11.5. The lowest BCUT2D eigenvalue weighted by molar-refractivity contribution is -0.123. The van der Waals surface area contributed by atoms with Gasteiger partial charge in [-0.05, 0) is 79.2 Å². The highest BCUT2D eigenvalue weighted by molar-refractivity contribution is 8.18. The number of rotatable bonds is 10. The molecule has 0 aliphatic carbocycles. The van der Waals surface area contributed by atoms with Gasteiger partial charge in [-0.15, -0.1) is 0 Å². The smallest absolute Gasteiger partial charge is 0.293 e. The zero-order valence-corrected chi connectivity index (χ0v) is 21.6. The van der Waals surface area contributed by atoms with Crippen LogP contribution in [0.2, 0.25) is 5.02 Å². The molecule has 1 aliphatic rings. The van der Waals surface area contributed by atoms with Crippen LogP contribution in [0.15, 0.2) is 71.6 Å². The first-order valence-corrected chi connectivity index (χ1v) is 12.7. The summed E-state index contributed by atoms with van der Waals surface area (Å²) in [4.78, 5) is 26.9. The number of amides is 2. The van der Waals surface area contributed by atoms with E-state index in [9.17, 15) is 9.59 Å². The van der Waals surface area contributed by atoms with Gasteiger partial charge in [-0.2, -0.15) is 0 Å². The molecule has 186 valence electrons. The topological polar surface area (TPSA) is 65.1 Å². The van der Waals surface area contributed by atoms with Crippen molar-refractivity contribution in [1.82, 2.24) is 4.90 Å². The molecule has 8 heteroatoms. The van der Waals surface area contributed by atoms with Crippen LogP contribution in [0.5, 0.6) is 17.2 Å². The summed E-state index contributed by atoms with van der Waals surface area (Å²) in [6, 6.07) is 20.5. The van der Waals surface area contributed by atoms with Crippen LogP contribution < -0.4 is 14.2 Å². The van der Waals surface area contributed by atoms with Crippen LogP contribution in [0.25, 0.3) is 6.08 Å². The molecule has 36 heavy (non-hydrogen) atoms. The third-order valence-electron chi connectivity index (χ3n) is 5.33. The number of halogens is 1. The molecule has 0 unspecified atom stereocenters. The lowest BCUT2D eigenvalue weighted by Gasteiger charge is -2.14. The summed E-state index contributed by atoms with van der Waals surface area (Å²) in [7, 11) is 0. The molecule has 1 fully saturated rings. The summed E-state index contributed by atoms with van der Waals surface area (Å²) in [6.07, 6.45) is 1.69. The minimum Gasteiger partial charge on any atom is -0.492 e. The Kier molecular flexibility index (Phi) is 8.57. The van der Waals surface area contributed by atoms with E-state index in [1.54, 1.807) is 18.2 Å². The Balaban J connectivity index is 1.41. The van der Waals surface area contributed by atoms with Crippen molar-refractivity contribution in [1.29, 1.82) is 0 Å². The molecule has 0 spiro atoms. The zero-order chi connectivity index (χ0) is 25.5. The van der Waals surface area contributed by atoms with Gasteiger partial charge in [0.25, 0.3) is 11.1 Å². The predicted octanol–water partition coefficient (Wildman–Crippen LogP) is 6.74. The SMILES string of the molecule is CCOc1cc(/C=C2\SC(=O)N(CCOc3ccc(C)cc3)C2=O)ccc1OCc1cccc(Cl)c1. The number of nitrogens with zero attached hydrogens (tertiary/aromatic N) is 1. The molecule has 0 atom stereocenters. The Morgan fingerprint density at radius 1 is 0.944 bits per heavy atom. The Morgan fingerprint density at radius 2 is 1.75 bits per heavy atom. The monoisotopic (exact) mass is 523 g/mol. The van der Waals surface area contributed by atoms with E-state index in [-0.39, 0.29) is 24.3 Å². The minimum absolute atomic E-state index is 0.177. The highest BCUT2D eigenvalue weighted by atomic mass is 35.5. The summed E-state index contributed by atoms with van der Waals surface area (Å²) in [5.74, 6) is 1.50. The van der Waals surface area contributed by atoms with Crippen molar-refractivity contribution in [2.75, 3.05) is 19.8 Å². The Labute approximate surface area is 219 Å². The number of hydrogen-bond acceptors (Lipinski definition) is 6. The third-order valence-corrected chi connectivity index (χ3v) is 6.47. The van der Waals surface area contributed by atoms with Crippen molar-refractivity contribution in [3.8, 4) is 17.2 Å². The lowest BCUT2D eigenvalue weighted by atomic mass is 10.1. The average molecular weight is 524 g/mol. The molecule has 0 saturated carbocycles. The molecule has 1 saturated heterocycles. The van der Waals surface area contributed by atoms with E-state index in [2.05, 4.69) is 0 Å². The molecular weight excluding hydrogens is 498 g/mol. The van der Waals surface area contributed by atoms with Gasteiger partial charge < -0.3 is 14.2 Å². The summed E-state index contributed by atoms with van der Waals surface area (Å²) in [5, 5.41) is 0.331. The number of carbonyl (C=O) groups excluding carboxylic acids is 2. The fraction of sp³-hybridized carbons (Fsp3) is 0.214. The standard InChI is InChI=1S/C28H26ClNO5S/c1-3-33-25-16-20(9-12-24(25)35-18-21-5-4-6-22(29)15-21)17-26-27(31)30(28(32)36-26)13-14-34-23-10-7-19(2)8-11-23/h4-12,15-17H,3,13-14,18H2,1-2H3/b26-17-. The van der Waals surface area contributed by atoms with E-state index >= 15 is 0 Å². The summed E-state index contributed by atoms with van der Waals surface area (Å²) in [6.45, 7) is 5.07. The number of ether oxygens (including phenoxy) is 3. The molecule has 1 aliphatic heterocycles. The number of thioether (sulfide) groups is 1. The Morgan fingerprint density at radius 3 is 2.50 bits per heavy atom. The van der Waals surface area contributed by atoms with Gasteiger partial charge in [0.15, 0.2) is 11.5 Å². The van der Waals surface area contributed by atoms with Gasteiger partial charge in [-0.1, -0.05) is 47.5 Å². The Bertz CT molecular complexity index is 1280. The molecule has 2 amide bonds. The van der Waals surface area contributed by atoms with E-state index < -0.39 is 0 Å². The number of benzene rings is 3. The second-order valence-corrected chi connectivity index (χ2v) is 9.48. The predicted molar refractivity (Wildman–Crippen MR) is 143 cm³/mol. The number of carbonyl (C=O) groups is 2. The van der Waals surface area contributed by atoms with Crippen LogP contribution in [-0.2, 0) is 11.4 Å². The fourth-order valence-electron chi connectivity index (χ4n) is 3.52. The van der Waals surface area contributed by atoms with Gasteiger partial charge in [0.2, 0.25) is 0 Å². The minimum atomic E-state index is -0.336. The molecule has 3 aromatic rings. The third kappa shape index (κ3) is 6.62. The Hall–Kier alpha value is -3.42. The van der Waals surface area contributed by atoms with Crippen molar-refractivity contribution in [3.63, 3.8) is 0 Å². The van der Waals surface area contributed by atoms with Crippen molar-refractivity contribution in [3.05, 3.63) is 93.3 Å². The van der Waals surface area contributed by atoms with E-state index in [4.69, 9.17) is 25.8 Å². The zero-order valence-electron chi connectivity index (χ0n) is 20.0. The maximum Gasteiger partial charge on any atom is 0.293 e. The number of imide groups is 1.